The Kier molecular flexibility index (Phi) is 5.25. The molecule has 0 atom stereocenters. The molecular formula is C18H29NO2S. The Labute approximate surface area is 134 Å². The van der Waals surface area contributed by atoms with E-state index in [1.165, 1.54) is 10.5 Å². The third-order valence-corrected chi connectivity index (χ3v) is 9.20. The van der Waals surface area contributed by atoms with Gasteiger partial charge in [0, 0.05) is 29.1 Å². The van der Waals surface area contributed by atoms with E-state index in [0.717, 1.165) is 17.9 Å². The lowest BCUT2D eigenvalue weighted by Gasteiger charge is -2.47. The van der Waals surface area contributed by atoms with Gasteiger partial charge >= 0.3 is 0 Å². The minimum absolute atomic E-state index is 0.166. The normalized spacial score (nSPS) is 21.0. The van der Waals surface area contributed by atoms with Gasteiger partial charge in [-0.1, -0.05) is 19.4 Å². The molecule has 4 heteroatoms. The van der Waals surface area contributed by atoms with E-state index in [9.17, 15) is 0 Å². The van der Waals surface area contributed by atoms with Crippen LogP contribution < -0.4 is 0 Å². The van der Waals surface area contributed by atoms with Crippen LogP contribution in [0.25, 0.3) is 0 Å². The van der Waals surface area contributed by atoms with E-state index in [4.69, 9.17) is 9.29 Å². The summed E-state index contributed by atoms with van der Waals surface area (Å²) >= 11 is 0. The molecule has 0 spiro atoms. The lowest BCUT2D eigenvalue weighted by molar-refractivity contribution is 0.245. The first-order chi connectivity index (χ1) is 10.4. The zero-order valence-corrected chi connectivity index (χ0v) is 15.0. The summed E-state index contributed by atoms with van der Waals surface area (Å²) in [4.78, 5) is 5.72. The maximum atomic E-state index is 9.14. The summed E-state index contributed by atoms with van der Waals surface area (Å²) in [5, 5.41) is 13.9. The number of hydrogen-bond acceptors (Lipinski definition) is 3. The van der Waals surface area contributed by atoms with Gasteiger partial charge in [0.1, 0.15) is 0 Å². The fraction of sp³-hybridized carbons (Fsp3) is 0.556. The zero-order valence-electron chi connectivity index (χ0n) is 14.2. The maximum absolute atomic E-state index is 9.14. The molecule has 2 rings (SSSR count). The van der Waals surface area contributed by atoms with Crippen LogP contribution in [0.1, 0.15) is 39.3 Å². The second kappa shape index (κ2) is 6.65. The van der Waals surface area contributed by atoms with Crippen LogP contribution in [0.15, 0.2) is 34.2 Å². The molecule has 1 aliphatic heterocycles. The first-order valence-corrected chi connectivity index (χ1v) is 10.3. The van der Waals surface area contributed by atoms with Crippen molar-refractivity contribution in [2.45, 2.75) is 45.4 Å². The van der Waals surface area contributed by atoms with Gasteiger partial charge in [0.15, 0.2) is 0 Å². The molecule has 124 valence electrons. The van der Waals surface area contributed by atoms with Crippen LogP contribution in [0.3, 0.4) is 0 Å². The van der Waals surface area contributed by atoms with Gasteiger partial charge in [-0.05, 0) is 55.5 Å². The number of nitrogens with zero attached hydrogens (tertiary/aromatic N) is 1. The Balaban J connectivity index is 2.58. The Bertz CT molecular complexity index is 616. The van der Waals surface area contributed by atoms with Gasteiger partial charge < -0.3 is 9.29 Å². The largest absolute Gasteiger partial charge is 0.396 e. The van der Waals surface area contributed by atoms with Crippen molar-refractivity contribution in [1.82, 2.24) is 4.98 Å². The highest BCUT2D eigenvalue weighted by Crippen LogP contribution is 2.71. The number of aromatic nitrogens is 1. The first kappa shape index (κ1) is 17.4. The van der Waals surface area contributed by atoms with E-state index in [0.29, 0.717) is 18.9 Å². The highest BCUT2D eigenvalue weighted by molar-refractivity contribution is 8.46. The van der Waals surface area contributed by atoms with Crippen molar-refractivity contribution in [1.29, 1.82) is 0 Å². The predicted molar refractivity (Wildman–Crippen MR) is 96.6 cm³/mol. The van der Waals surface area contributed by atoms with E-state index in [-0.39, 0.29) is 6.61 Å². The van der Waals surface area contributed by atoms with Crippen molar-refractivity contribution in [3.8, 4) is 0 Å². The van der Waals surface area contributed by atoms with Crippen LogP contribution in [-0.4, -0.2) is 34.4 Å². The Morgan fingerprint density at radius 2 is 2.09 bits per heavy atom. The van der Waals surface area contributed by atoms with Gasteiger partial charge in [0.25, 0.3) is 0 Å². The van der Waals surface area contributed by atoms with Crippen LogP contribution in [0, 0.1) is 12.8 Å². The van der Waals surface area contributed by atoms with Crippen molar-refractivity contribution < 1.29 is 9.29 Å². The standard InChI is InChI=1S/C18H29NO2S/c1-15(2)13-22(21-10-5-9-20,11-8-16(3)14-22)18-7-6-17(4)19-12-18/h6-7,11-12,14-15,20H,5,8-10,13H2,1-4H3. The van der Waals surface area contributed by atoms with Gasteiger partial charge in [-0.2, -0.15) is 0 Å². The van der Waals surface area contributed by atoms with Gasteiger partial charge in [0.05, 0.1) is 6.61 Å². The minimum Gasteiger partial charge on any atom is -0.396 e. The molecule has 1 aromatic rings. The third-order valence-electron chi connectivity index (χ3n) is 3.99. The number of aliphatic hydroxyl groups is 1. The second-order valence-electron chi connectivity index (χ2n) is 6.67. The molecule has 0 saturated heterocycles. The number of aryl methyl sites for hydroxylation is 1. The average Bonchev–Trinajstić information content (AvgIpc) is 2.78. The zero-order chi connectivity index (χ0) is 16.2. The van der Waals surface area contributed by atoms with Crippen molar-refractivity contribution in [2.75, 3.05) is 19.0 Å². The van der Waals surface area contributed by atoms with Gasteiger partial charge in [0.2, 0.25) is 0 Å². The fourth-order valence-corrected chi connectivity index (χ4v) is 8.57. The molecule has 0 saturated carbocycles. The Hall–Kier alpha value is -0.970. The average molecular weight is 324 g/mol. The van der Waals surface area contributed by atoms with Gasteiger partial charge in [-0.3, -0.25) is 4.98 Å². The van der Waals surface area contributed by atoms with Crippen LogP contribution >= 0.6 is 9.03 Å². The highest BCUT2D eigenvalue weighted by Gasteiger charge is 2.37. The summed E-state index contributed by atoms with van der Waals surface area (Å²) < 4.78 is 6.60. The first-order valence-electron chi connectivity index (χ1n) is 8.03. The number of pyridine rings is 1. The number of hydrogen-bond donors (Lipinski definition) is 1. The van der Waals surface area contributed by atoms with E-state index in [2.05, 4.69) is 48.7 Å². The summed E-state index contributed by atoms with van der Waals surface area (Å²) in [5.74, 6) is 1.51. The molecule has 1 aliphatic rings. The summed E-state index contributed by atoms with van der Waals surface area (Å²) in [7, 11) is -2.39. The van der Waals surface area contributed by atoms with Gasteiger partial charge in [-0.25, -0.2) is 0 Å². The van der Waals surface area contributed by atoms with Crippen molar-refractivity contribution >= 4 is 14.4 Å². The van der Waals surface area contributed by atoms with Crippen LogP contribution in [0.2, 0.25) is 0 Å². The molecule has 2 heterocycles. The molecule has 3 nitrogen and oxygen atoms in total. The third kappa shape index (κ3) is 3.34. The molecular weight excluding hydrogens is 294 g/mol. The topological polar surface area (TPSA) is 42.4 Å². The van der Waals surface area contributed by atoms with E-state index in [1.54, 1.807) is 0 Å². The summed E-state index contributed by atoms with van der Waals surface area (Å²) in [6.07, 6.45) is 3.64. The number of allylic oxidation sites excluding steroid dienone is 1. The molecule has 0 amide bonds. The summed E-state index contributed by atoms with van der Waals surface area (Å²) in [6, 6.07) is 4.25. The summed E-state index contributed by atoms with van der Waals surface area (Å²) in [5.41, 5.74) is 2.39. The van der Waals surface area contributed by atoms with E-state index >= 15 is 0 Å². The van der Waals surface area contributed by atoms with Crippen LogP contribution in [0.5, 0.6) is 0 Å². The summed E-state index contributed by atoms with van der Waals surface area (Å²) in [6.45, 7) is 9.43. The quantitative estimate of drug-likeness (QED) is 0.605. The molecule has 0 unspecified atom stereocenters. The van der Waals surface area contributed by atoms with Gasteiger partial charge in [-0.15, -0.1) is 9.03 Å². The lowest BCUT2D eigenvalue weighted by Crippen LogP contribution is -2.20. The van der Waals surface area contributed by atoms with E-state index < -0.39 is 9.03 Å². The number of aliphatic hydroxyl groups excluding tert-OH is 1. The molecule has 0 radical (unpaired) electrons. The second-order valence-corrected chi connectivity index (χ2v) is 10.8. The maximum Gasteiger partial charge on any atom is 0.0616 e. The lowest BCUT2D eigenvalue weighted by atomic mass is 10.3. The number of rotatable bonds is 7. The minimum atomic E-state index is -2.39. The van der Waals surface area contributed by atoms with Crippen LogP contribution in [-0.2, 0) is 4.18 Å². The monoisotopic (exact) mass is 323 g/mol. The molecule has 0 bridgehead atoms. The van der Waals surface area contributed by atoms with Crippen molar-refractivity contribution in [2.24, 2.45) is 5.92 Å². The predicted octanol–water partition coefficient (Wildman–Crippen LogP) is 4.17. The molecule has 0 fully saturated rings. The molecule has 1 N–H and O–H groups in total. The fourth-order valence-electron chi connectivity index (χ4n) is 3.16. The molecule has 0 aliphatic carbocycles. The van der Waals surface area contributed by atoms with Crippen LogP contribution in [0.4, 0.5) is 0 Å². The SMILES string of the molecule is CC1=CS(CC(C)C)(OCCCO)(c2ccc(C)nc2)=CC1. The molecule has 0 aromatic carbocycles. The Morgan fingerprint density at radius 3 is 2.59 bits per heavy atom. The Morgan fingerprint density at radius 1 is 1.32 bits per heavy atom. The van der Waals surface area contributed by atoms with Crippen molar-refractivity contribution in [3.63, 3.8) is 0 Å². The van der Waals surface area contributed by atoms with Crippen molar-refractivity contribution in [3.05, 3.63) is 35.0 Å². The molecule has 1 aromatic heterocycles. The van der Waals surface area contributed by atoms with E-state index in [1.807, 2.05) is 13.1 Å². The molecule has 22 heavy (non-hydrogen) atoms. The highest BCUT2D eigenvalue weighted by atomic mass is 32.3. The smallest absolute Gasteiger partial charge is 0.0616 e.